The summed E-state index contributed by atoms with van der Waals surface area (Å²) in [7, 11) is 3.25. The SMILES string of the molecule is COc1cc(OC)c(C2(O)CN(c3cccc(C)c3)C3=[N+]2CCCC3)cc1Br.[Br-]. The number of hydrogen-bond donors (Lipinski definition) is 1. The van der Waals surface area contributed by atoms with E-state index in [1.54, 1.807) is 14.2 Å². The molecule has 7 heteroatoms. The lowest BCUT2D eigenvalue weighted by atomic mass is 10.00. The number of aryl methyl sites for hydroxylation is 1. The molecule has 5 nitrogen and oxygen atoms in total. The van der Waals surface area contributed by atoms with E-state index in [4.69, 9.17) is 9.47 Å². The van der Waals surface area contributed by atoms with E-state index in [1.807, 2.05) is 12.1 Å². The van der Waals surface area contributed by atoms with E-state index in [2.05, 4.69) is 56.6 Å². The number of ether oxygens (including phenoxy) is 2. The first-order chi connectivity index (χ1) is 13.5. The van der Waals surface area contributed by atoms with Crippen molar-refractivity contribution in [2.45, 2.75) is 31.9 Å². The molecular weight excluding hydrogens is 500 g/mol. The van der Waals surface area contributed by atoms with E-state index in [1.165, 1.54) is 11.4 Å². The molecule has 2 heterocycles. The number of rotatable bonds is 4. The van der Waals surface area contributed by atoms with E-state index in [0.29, 0.717) is 18.0 Å². The van der Waals surface area contributed by atoms with Crippen molar-refractivity contribution in [1.82, 2.24) is 0 Å². The highest BCUT2D eigenvalue weighted by Gasteiger charge is 2.54. The van der Waals surface area contributed by atoms with Crippen molar-refractivity contribution in [3.8, 4) is 11.5 Å². The van der Waals surface area contributed by atoms with E-state index >= 15 is 0 Å². The largest absolute Gasteiger partial charge is 1.00 e. The van der Waals surface area contributed by atoms with Crippen LogP contribution in [0.15, 0.2) is 40.9 Å². The van der Waals surface area contributed by atoms with Crippen LogP contribution in [0.1, 0.15) is 30.4 Å². The predicted octanol–water partition coefficient (Wildman–Crippen LogP) is 1.04. The van der Waals surface area contributed by atoms with Gasteiger partial charge in [0.2, 0.25) is 0 Å². The van der Waals surface area contributed by atoms with Gasteiger partial charge in [-0.1, -0.05) is 12.1 Å². The zero-order valence-corrected chi connectivity index (χ0v) is 20.1. The summed E-state index contributed by atoms with van der Waals surface area (Å²) in [5, 5.41) is 12.0. The Morgan fingerprint density at radius 2 is 1.86 bits per heavy atom. The second-order valence-electron chi connectivity index (χ2n) is 7.45. The number of halogens is 2. The fourth-order valence-electron chi connectivity index (χ4n) is 4.33. The van der Waals surface area contributed by atoms with E-state index in [0.717, 1.165) is 41.5 Å². The molecule has 4 rings (SSSR count). The summed E-state index contributed by atoms with van der Waals surface area (Å²) in [5.74, 6) is 2.48. The van der Waals surface area contributed by atoms with Gasteiger partial charge in [0.05, 0.1) is 30.8 Å². The number of nitrogens with zero attached hydrogens (tertiary/aromatic N) is 2. The van der Waals surface area contributed by atoms with Crippen LogP contribution in [-0.2, 0) is 5.72 Å². The second kappa shape index (κ2) is 8.66. The number of methoxy groups -OCH3 is 2. The molecule has 0 saturated heterocycles. The third-order valence-corrected chi connectivity index (χ3v) is 6.32. The first-order valence-electron chi connectivity index (χ1n) is 9.60. The van der Waals surface area contributed by atoms with Crippen molar-refractivity contribution in [3.63, 3.8) is 0 Å². The summed E-state index contributed by atoms with van der Waals surface area (Å²) in [6, 6.07) is 12.2. The lowest BCUT2D eigenvalue weighted by Gasteiger charge is -2.26. The lowest BCUT2D eigenvalue weighted by molar-refractivity contribution is -0.661. The smallest absolute Gasteiger partial charge is 0.274 e. The summed E-state index contributed by atoms with van der Waals surface area (Å²) in [4.78, 5) is 2.25. The van der Waals surface area contributed by atoms with Crippen LogP contribution in [0.2, 0.25) is 0 Å². The standard InChI is InChI=1S/C22H26BrN2O3.BrH/c1-15-7-6-8-16(11-15)24-14-22(26,25-10-5-4-9-21(24)25)17-12-18(23)20(28-3)13-19(17)27-2;/h6-8,11-13,26H,4-5,9-10,14H2,1-3H3;1H/q+1;/p-1. The molecule has 2 aromatic rings. The number of anilines is 1. The Kier molecular flexibility index (Phi) is 6.61. The minimum atomic E-state index is -1.17. The summed E-state index contributed by atoms with van der Waals surface area (Å²) >= 11 is 3.57. The first kappa shape index (κ1) is 22.1. The van der Waals surface area contributed by atoms with Crippen molar-refractivity contribution < 1.29 is 36.1 Å². The molecular formula is C22H26Br2N2O3. The lowest BCUT2D eigenvalue weighted by Crippen LogP contribution is -3.00. The molecule has 1 unspecified atom stereocenters. The van der Waals surface area contributed by atoms with Crippen LogP contribution < -0.4 is 31.4 Å². The van der Waals surface area contributed by atoms with Gasteiger partial charge in [-0.25, -0.2) is 9.48 Å². The molecule has 29 heavy (non-hydrogen) atoms. The van der Waals surface area contributed by atoms with Gasteiger partial charge in [-0.15, -0.1) is 0 Å². The average Bonchev–Trinajstić information content (AvgIpc) is 3.02. The maximum atomic E-state index is 12.0. The summed E-state index contributed by atoms with van der Waals surface area (Å²) < 4.78 is 14.0. The van der Waals surface area contributed by atoms with Gasteiger partial charge >= 0.3 is 0 Å². The highest BCUT2D eigenvalue weighted by molar-refractivity contribution is 9.10. The molecule has 0 aliphatic carbocycles. The van der Waals surface area contributed by atoms with Crippen molar-refractivity contribution in [3.05, 3.63) is 52.0 Å². The molecule has 0 saturated carbocycles. The zero-order valence-electron chi connectivity index (χ0n) is 16.9. The van der Waals surface area contributed by atoms with Gasteiger partial charge in [0.25, 0.3) is 11.6 Å². The van der Waals surface area contributed by atoms with Crippen molar-refractivity contribution in [1.29, 1.82) is 0 Å². The number of benzene rings is 2. The fourth-order valence-corrected chi connectivity index (χ4v) is 4.84. The van der Waals surface area contributed by atoms with Gasteiger partial charge < -0.3 is 31.6 Å². The highest BCUT2D eigenvalue weighted by Crippen LogP contribution is 2.43. The summed E-state index contributed by atoms with van der Waals surface area (Å²) in [6.45, 7) is 3.38. The minimum Gasteiger partial charge on any atom is -1.00 e. The van der Waals surface area contributed by atoms with Gasteiger partial charge in [0.1, 0.15) is 17.2 Å². The summed E-state index contributed by atoms with van der Waals surface area (Å²) in [5.41, 5.74) is 1.90. The Morgan fingerprint density at radius 1 is 1.10 bits per heavy atom. The van der Waals surface area contributed by atoms with Gasteiger partial charge in [-0.3, -0.25) is 0 Å². The van der Waals surface area contributed by atoms with Crippen LogP contribution >= 0.6 is 15.9 Å². The predicted molar refractivity (Wildman–Crippen MR) is 114 cm³/mol. The van der Waals surface area contributed by atoms with Gasteiger partial charge in [-0.05, 0) is 59.5 Å². The Hall–Kier alpha value is -1.57. The number of hydrogen-bond acceptors (Lipinski definition) is 4. The van der Waals surface area contributed by atoms with E-state index < -0.39 is 5.72 Å². The quantitative estimate of drug-likeness (QED) is 0.606. The van der Waals surface area contributed by atoms with Crippen LogP contribution in [0.5, 0.6) is 11.5 Å². The van der Waals surface area contributed by atoms with Crippen molar-refractivity contribution in [2.24, 2.45) is 0 Å². The monoisotopic (exact) mass is 524 g/mol. The maximum absolute atomic E-state index is 12.0. The van der Waals surface area contributed by atoms with E-state index in [-0.39, 0.29) is 17.0 Å². The van der Waals surface area contributed by atoms with Crippen molar-refractivity contribution in [2.75, 3.05) is 32.2 Å². The molecule has 1 atom stereocenters. The Balaban J connectivity index is 0.00000240. The van der Waals surface area contributed by atoms with Gasteiger partial charge in [0.15, 0.2) is 6.54 Å². The Bertz CT molecular complexity index is 948. The number of β-amino-alcohol motifs (C(OH)–C–C–N with tert-alkyl or cyclic N) is 1. The van der Waals surface area contributed by atoms with Crippen LogP contribution in [0.3, 0.4) is 0 Å². The molecule has 1 N–H and O–H groups in total. The molecule has 2 aliphatic heterocycles. The topological polar surface area (TPSA) is 44.9 Å². The number of aliphatic hydroxyl groups is 1. The number of amidine groups is 1. The molecule has 0 aromatic heterocycles. The van der Waals surface area contributed by atoms with Crippen LogP contribution in [0.4, 0.5) is 5.69 Å². The second-order valence-corrected chi connectivity index (χ2v) is 8.31. The molecule has 0 bridgehead atoms. The molecule has 0 spiro atoms. The van der Waals surface area contributed by atoms with Gasteiger partial charge in [0, 0.05) is 12.5 Å². The van der Waals surface area contributed by atoms with E-state index in [9.17, 15) is 5.11 Å². The average molecular weight is 526 g/mol. The third-order valence-electron chi connectivity index (χ3n) is 5.70. The van der Waals surface area contributed by atoms with Crippen LogP contribution in [-0.4, -0.2) is 42.8 Å². The summed E-state index contributed by atoms with van der Waals surface area (Å²) in [6.07, 6.45) is 3.15. The zero-order chi connectivity index (χ0) is 19.9. The normalized spacial score (nSPS) is 20.9. The molecule has 156 valence electrons. The molecule has 2 aliphatic rings. The molecule has 0 fully saturated rings. The van der Waals surface area contributed by atoms with Gasteiger partial charge in [-0.2, -0.15) is 0 Å². The molecule has 0 amide bonds. The third kappa shape index (κ3) is 3.80. The Morgan fingerprint density at radius 3 is 2.55 bits per heavy atom. The van der Waals surface area contributed by atoms with Crippen molar-refractivity contribution >= 4 is 27.5 Å². The molecule has 0 radical (unpaired) electrons. The van der Waals surface area contributed by atoms with Crippen LogP contribution in [0, 0.1) is 6.92 Å². The maximum Gasteiger partial charge on any atom is 0.274 e. The fraction of sp³-hybridized carbons (Fsp3) is 0.409. The molecule has 2 aromatic carbocycles. The minimum absolute atomic E-state index is 0. The highest BCUT2D eigenvalue weighted by atomic mass is 79.9. The van der Waals surface area contributed by atoms with Crippen LogP contribution in [0.25, 0.3) is 0 Å². The Labute approximate surface area is 190 Å². The first-order valence-corrected chi connectivity index (χ1v) is 10.4.